The highest BCUT2D eigenvalue weighted by Gasteiger charge is 2.07. The smallest absolute Gasteiger partial charge is 0.153 e. The Balaban J connectivity index is 1.61. The zero-order valence-corrected chi connectivity index (χ0v) is 14.8. The summed E-state index contributed by atoms with van der Waals surface area (Å²) in [6, 6.07) is 14.7. The van der Waals surface area contributed by atoms with Gasteiger partial charge in [0, 0.05) is 11.8 Å². The van der Waals surface area contributed by atoms with Crippen molar-refractivity contribution in [1.29, 1.82) is 5.26 Å². The molecule has 0 amide bonds. The minimum Gasteiger partial charge on any atom is -0.490 e. The van der Waals surface area contributed by atoms with Crippen molar-refractivity contribution < 1.29 is 4.74 Å². The fourth-order valence-electron chi connectivity index (χ4n) is 2.26. The van der Waals surface area contributed by atoms with Crippen LogP contribution in [-0.4, -0.2) is 28.3 Å². The lowest BCUT2D eigenvalue weighted by Gasteiger charge is -2.11. The van der Waals surface area contributed by atoms with E-state index >= 15 is 0 Å². The molecule has 0 aliphatic rings. The molecule has 3 rings (SSSR count). The summed E-state index contributed by atoms with van der Waals surface area (Å²) in [4.78, 5) is 4.43. The lowest BCUT2D eigenvalue weighted by molar-refractivity contribution is 0.333. The zero-order valence-electron chi connectivity index (χ0n) is 14.1. The summed E-state index contributed by atoms with van der Waals surface area (Å²) in [7, 11) is 0. The van der Waals surface area contributed by atoms with E-state index in [9.17, 15) is 5.26 Å². The van der Waals surface area contributed by atoms with Crippen LogP contribution in [0.1, 0.15) is 11.3 Å². The maximum atomic E-state index is 9.26. The van der Waals surface area contributed by atoms with Gasteiger partial charge in [-0.25, -0.2) is 4.98 Å². The third-order valence-corrected chi connectivity index (χ3v) is 3.78. The van der Waals surface area contributed by atoms with Crippen molar-refractivity contribution in [2.45, 2.75) is 6.92 Å². The van der Waals surface area contributed by atoms with Gasteiger partial charge >= 0.3 is 0 Å². The fourth-order valence-corrected chi connectivity index (χ4v) is 2.45. The summed E-state index contributed by atoms with van der Waals surface area (Å²) < 4.78 is 5.63. The van der Waals surface area contributed by atoms with Crippen LogP contribution >= 0.6 is 11.6 Å². The van der Waals surface area contributed by atoms with Gasteiger partial charge in [-0.1, -0.05) is 23.7 Å². The van der Waals surface area contributed by atoms with Gasteiger partial charge in [0.25, 0.3) is 0 Å². The van der Waals surface area contributed by atoms with E-state index in [0.717, 1.165) is 5.69 Å². The van der Waals surface area contributed by atoms with Gasteiger partial charge in [0.15, 0.2) is 5.82 Å². The molecule has 0 aliphatic heterocycles. The minimum atomic E-state index is 0.381. The molecule has 7 nitrogen and oxygen atoms in total. The molecule has 3 aromatic rings. The molecule has 0 fully saturated rings. The number of anilines is 3. The second-order valence-corrected chi connectivity index (χ2v) is 5.88. The summed E-state index contributed by atoms with van der Waals surface area (Å²) in [6.07, 6.45) is 0. The highest BCUT2D eigenvalue weighted by Crippen LogP contribution is 2.23. The number of aromatic nitrogens is 3. The van der Waals surface area contributed by atoms with E-state index in [1.807, 2.05) is 25.1 Å². The van der Waals surface area contributed by atoms with E-state index in [4.69, 9.17) is 16.3 Å². The van der Waals surface area contributed by atoms with Crippen molar-refractivity contribution in [1.82, 2.24) is 15.2 Å². The largest absolute Gasteiger partial charge is 0.490 e. The van der Waals surface area contributed by atoms with Gasteiger partial charge < -0.3 is 15.4 Å². The molecular weight excluding hydrogens is 352 g/mol. The van der Waals surface area contributed by atoms with E-state index < -0.39 is 0 Å². The van der Waals surface area contributed by atoms with Gasteiger partial charge in [0.2, 0.25) is 0 Å². The van der Waals surface area contributed by atoms with Crippen LogP contribution in [0.3, 0.4) is 0 Å². The van der Waals surface area contributed by atoms with Crippen LogP contribution in [0.5, 0.6) is 5.75 Å². The molecule has 0 saturated carbocycles. The van der Waals surface area contributed by atoms with Crippen LogP contribution < -0.4 is 15.4 Å². The molecule has 0 radical (unpaired) electrons. The van der Waals surface area contributed by atoms with Gasteiger partial charge in [0.05, 0.1) is 17.1 Å². The van der Waals surface area contributed by atoms with Crippen LogP contribution in [0, 0.1) is 18.3 Å². The third-order valence-electron chi connectivity index (χ3n) is 3.47. The summed E-state index contributed by atoms with van der Waals surface area (Å²) in [5, 5.41) is 23.0. The van der Waals surface area contributed by atoms with Crippen LogP contribution in [0.4, 0.5) is 17.5 Å². The fraction of sp³-hybridized carbons (Fsp3) is 0.167. The number of nitrogens with zero attached hydrogens (tertiary/aromatic N) is 3. The van der Waals surface area contributed by atoms with E-state index in [-0.39, 0.29) is 0 Å². The number of rotatable bonds is 7. The minimum absolute atomic E-state index is 0.381. The summed E-state index contributed by atoms with van der Waals surface area (Å²) in [5.74, 6) is 2.35. The number of hydrogen-bond donors (Lipinski definition) is 3. The van der Waals surface area contributed by atoms with Crippen molar-refractivity contribution in [2.75, 3.05) is 23.8 Å². The highest BCUT2D eigenvalue weighted by molar-refractivity contribution is 6.32. The number of aryl methyl sites for hydroxylation is 1. The summed E-state index contributed by atoms with van der Waals surface area (Å²) in [6.45, 7) is 2.76. The number of hydrogen-bond acceptors (Lipinski definition) is 6. The molecule has 2 heterocycles. The molecule has 1 aromatic carbocycles. The lowest BCUT2D eigenvalue weighted by atomic mass is 10.2. The monoisotopic (exact) mass is 368 g/mol. The number of pyridine rings is 1. The molecule has 3 N–H and O–H groups in total. The lowest BCUT2D eigenvalue weighted by Crippen LogP contribution is -2.14. The Labute approximate surface area is 156 Å². The van der Waals surface area contributed by atoms with Crippen molar-refractivity contribution >= 4 is 29.1 Å². The molecule has 0 aliphatic carbocycles. The number of benzene rings is 1. The SMILES string of the molecule is Cc1cc(Nc2ccc(C#N)c(NCCOc3ccccc3Cl)n2)n[nH]1. The quantitative estimate of drug-likeness (QED) is 0.547. The van der Waals surface area contributed by atoms with Gasteiger partial charge in [-0.3, -0.25) is 5.10 Å². The Morgan fingerprint density at radius 2 is 2.08 bits per heavy atom. The zero-order chi connectivity index (χ0) is 18.4. The van der Waals surface area contributed by atoms with Crippen molar-refractivity contribution in [3.8, 4) is 11.8 Å². The molecule has 0 spiro atoms. The van der Waals surface area contributed by atoms with E-state index in [1.165, 1.54) is 0 Å². The van der Waals surface area contributed by atoms with Gasteiger partial charge in [-0.2, -0.15) is 10.4 Å². The molecule has 2 aromatic heterocycles. The first-order valence-corrected chi connectivity index (χ1v) is 8.35. The highest BCUT2D eigenvalue weighted by atomic mass is 35.5. The molecule has 8 heteroatoms. The number of halogens is 1. The average molecular weight is 369 g/mol. The average Bonchev–Trinajstić information content (AvgIpc) is 3.05. The second-order valence-electron chi connectivity index (χ2n) is 5.47. The first-order chi connectivity index (χ1) is 12.7. The van der Waals surface area contributed by atoms with Crippen molar-refractivity contribution in [2.24, 2.45) is 0 Å². The Kier molecular flexibility index (Phi) is 5.56. The Bertz CT molecular complexity index is 933. The van der Waals surface area contributed by atoms with Crippen LogP contribution in [-0.2, 0) is 0 Å². The van der Waals surface area contributed by atoms with E-state index in [1.54, 1.807) is 24.3 Å². The molecule has 0 bridgehead atoms. The number of ether oxygens (including phenoxy) is 1. The summed E-state index contributed by atoms with van der Waals surface area (Å²) >= 11 is 6.05. The predicted molar refractivity (Wildman–Crippen MR) is 101 cm³/mol. The topological polar surface area (TPSA) is 98.7 Å². The summed E-state index contributed by atoms with van der Waals surface area (Å²) in [5.41, 5.74) is 1.39. The molecule has 0 atom stereocenters. The van der Waals surface area contributed by atoms with Crippen LogP contribution in [0.25, 0.3) is 0 Å². The Morgan fingerprint density at radius 1 is 1.23 bits per heavy atom. The number of H-pyrrole nitrogens is 1. The standard InChI is InChI=1S/C18H17ClN6O/c1-12-10-17(25-24-12)22-16-7-6-13(11-20)18(23-16)21-8-9-26-15-5-3-2-4-14(15)19/h2-7,10H,8-9H2,1H3,(H3,21,22,23,24,25). The first kappa shape index (κ1) is 17.6. The Hall–Kier alpha value is -3.24. The molecule has 26 heavy (non-hydrogen) atoms. The van der Waals surface area contributed by atoms with Crippen molar-refractivity contribution in [3.63, 3.8) is 0 Å². The first-order valence-electron chi connectivity index (χ1n) is 7.97. The van der Waals surface area contributed by atoms with Gasteiger partial charge in [-0.05, 0) is 31.2 Å². The van der Waals surface area contributed by atoms with Crippen LogP contribution in [0.2, 0.25) is 5.02 Å². The predicted octanol–water partition coefficient (Wildman–Crippen LogP) is 3.87. The van der Waals surface area contributed by atoms with Crippen molar-refractivity contribution in [3.05, 3.63) is 58.7 Å². The van der Waals surface area contributed by atoms with Gasteiger partial charge in [-0.15, -0.1) is 0 Å². The van der Waals surface area contributed by atoms with Crippen LogP contribution in [0.15, 0.2) is 42.5 Å². The molecule has 0 saturated heterocycles. The third kappa shape index (κ3) is 4.43. The molecular formula is C18H17ClN6O. The Morgan fingerprint density at radius 3 is 2.81 bits per heavy atom. The maximum Gasteiger partial charge on any atom is 0.153 e. The molecule has 0 unspecified atom stereocenters. The van der Waals surface area contributed by atoms with E-state index in [0.29, 0.717) is 46.9 Å². The normalized spacial score (nSPS) is 10.2. The number of para-hydroxylation sites is 1. The number of nitriles is 1. The van der Waals surface area contributed by atoms with E-state index in [2.05, 4.69) is 31.9 Å². The number of nitrogens with one attached hydrogen (secondary N) is 3. The number of aromatic amines is 1. The molecule has 132 valence electrons. The maximum absolute atomic E-state index is 9.26. The second kappa shape index (κ2) is 8.23. The van der Waals surface area contributed by atoms with Gasteiger partial charge in [0.1, 0.15) is 30.1 Å².